The molecular weight excluding hydrogens is 467 g/mol. The number of nitrogens with one attached hydrogen (secondary N) is 1. The quantitative estimate of drug-likeness (QED) is 0.510. The maximum absolute atomic E-state index is 13.1. The molecule has 0 bridgehead atoms. The van der Waals surface area contributed by atoms with Crippen molar-refractivity contribution in [3.05, 3.63) is 92.9 Å². The van der Waals surface area contributed by atoms with Crippen LogP contribution in [-0.2, 0) is 16.6 Å². The molecule has 1 amide bonds. The molecule has 0 aromatic heterocycles. The molecular formula is C21H17Cl3N2O3S. The van der Waals surface area contributed by atoms with Crippen LogP contribution in [0.1, 0.15) is 15.9 Å². The van der Waals surface area contributed by atoms with Crippen LogP contribution in [0, 0.1) is 0 Å². The Bertz CT molecular complexity index is 1170. The van der Waals surface area contributed by atoms with E-state index in [1.54, 1.807) is 48.5 Å². The van der Waals surface area contributed by atoms with E-state index >= 15 is 0 Å². The Hall–Kier alpha value is -2.25. The van der Waals surface area contributed by atoms with Crippen LogP contribution >= 0.6 is 34.8 Å². The fourth-order valence-electron chi connectivity index (χ4n) is 2.67. The molecule has 1 N–H and O–H groups in total. The van der Waals surface area contributed by atoms with Crippen LogP contribution in [0.3, 0.4) is 0 Å². The second-order valence-electron chi connectivity index (χ2n) is 6.40. The summed E-state index contributed by atoms with van der Waals surface area (Å²) in [6, 6.07) is 17.5. The molecule has 0 saturated heterocycles. The minimum absolute atomic E-state index is 0.0186. The Morgan fingerprint density at radius 2 is 1.47 bits per heavy atom. The smallest absolute Gasteiger partial charge is 0.265 e. The average molecular weight is 484 g/mol. The van der Waals surface area contributed by atoms with Crippen LogP contribution in [0.4, 0.5) is 5.69 Å². The van der Waals surface area contributed by atoms with E-state index in [4.69, 9.17) is 34.8 Å². The lowest BCUT2D eigenvalue weighted by Crippen LogP contribution is -2.28. The van der Waals surface area contributed by atoms with Crippen molar-refractivity contribution in [2.45, 2.75) is 11.4 Å². The van der Waals surface area contributed by atoms with Gasteiger partial charge in [0.15, 0.2) is 0 Å². The van der Waals surface area contributed by atoms with Gasteiger partial charge in [-0.05, 0) is 60.2 Å². The number of carbonyl (C=O) groups excluding carboxylic acids is 1. The van der Waals surface area contributed by atoms with E-state index in [1.165, 1.54) is 25.2 Å². The van der Waals surface area contributed by atoms with Gasteiger partial charge in [0.1, 0.15) is 4.90 Å². The molecule has 9 heteroatoms. The van der Waals surface area contributed by atoms with E-state index in [9.17, 15) is 13.2 Å². The summed E-state index contributed by atoms with van der Waals surface area (Å²) in [5, 5.41) is 3.86. The van der Waals surface area contributed by atoms with Crippen molar-refractivity contribution in [1.82, 2.24) is 5.32 Å². The first kappa shape index (κ1) is 22.4. The predicted octanol–water partition coefficient (Wildman–Crippen LogP) is 5.40. The Balaban J connectivity index is 1.83. The maximum atomic E-state index is 13.1. The first-order valence-electron chi connectivity index (χ1n) is 8.75. The fourth-order valence-corrected chi connectivity index (χ4v) is 4.61. The number of carbonyl (C=O) groups is 1. The Labute approximate surface area is 190 Å². The number of hydrogen-bond donors (Lipinski definition) is 1. The third-order valence-electron chi connectivity index (χ3n) is 4.39. The van der Waals surface area contributed by atoms with Gasteiger partial charge in [-0.25, -0.2) is 8.42 Å². The number of nitrogens with zero attached hydrogens (tertiary/aromatic N) is 1. The summed E-state index contributed by atoms with van der Waals surface area (Å²) in [5.74, 6) is -0.424. The number of sulfonamides is 1. The number of halogens is 3. The molecule has 3 rings (SSSR count). The summed E-state index contributed by atoms with van der Waals surface area (Å²) in [7, 11) is -2.59. The zero-order valence-corrected chi connectivity index (χ0v) is 18.9. The van der Waals surface area contributed by atoms with Crippen molar-refractivity contribution in [1.29, 1.82) is 0 Å². The van der Waals surface area contributed by atoms with Crippen molar-refractivity contribution < 1.29 is 13.2 Å². The zero-order chi connectivity index (χ0) is 21.9. The minimum atomic E-state index is -4.00. The summed E-state index contributed by atoms with van der Waals surface area (Å²) in [5.41, 5.74) is 1.45. The number of anilines is 1. The van der Waals surface area contributed by atoms with Crippen LogP contribution in [0.2, 0.25) is 15.1 Å². The van der Waals surface area contributed by atoms with Gasteiger partial charge in [-0.1, -0.05) is 46.9 Å². The van der Waals surface area contributed by atoms with Crippen molar-refractivity contribution in [2.75, 3.05) is 11.4 Å². The van der Waals surface area contributed by atoms with Gasteiger partial charge < -0.3 is 5.32 Å². The molecule has 0 unspecified atom stereocenters. The minimum Gasteiger partial charge on any atom is -0.348 e. The molecule has 30 heavy (non-hydrogen) atoms. The lowest BCUT2D eigenvalue weighted by molar-refractivity contribution is 0.0950. The Kier molecular flexibility index (Phi) is 6.93. The van der Waals surface area contributed by atoms with Gasteiger partial charge in [-0.2, -0.15) is 0 Å². The average Bonchev–Trinajstić information content (AvgIpc) is 2.73. The van der Waals surface area contributed by atoms with Gasteiger partial charge in [-0.3, -0.25) is 9.10 Å². The molecule has 0 spiro atoms. The van der Waals surface area contributed by atoms with Gasteiger partial charge >= 0.3 is 0 Å². The highest BCUT2D eigenvalue weighted by Crippen LogP contribution is 2.29. The zero-order valence-electron chi connectivity index (χ0n) is 15.8. The lowest BCUT2D eigenvalue weighted by atomic mass is 10.2. The van der Waals surface area contributed by atoms with Crippen molar-refractivity contribution in [3.63, 3.8) is 0 Å². The number of amides is 1. The highest BCUT2D eigenvalue weighted by Gasteiger charge is 2.25. The summed E-state index contributed by atoms with van der Waals surface area (Å²) < 4.78 is 27.3. The van der Waals surface area contributed by atoms with Gasteiger partial charge in [0.25, 0.3) is 15.9 Å². The van der Waals surface area contributed by atoms with E-state index in [1.807, 2.05) is 0 Å². The standard InChI is InChI=1S/C21H17Cl3N2O3S/c1-26(18-9-7-17(23)8-10-18)30(28,29)20-12-15(4-11-19(20)24)21(27)25-13-14-2-5-16(22)6-3-14/h2-12H,13H2,1H3,(H,25,27). The van der Waals surface area contributed by atoms with Crippen LogP contribution in [-0.4, -0.2) is 21.4 Å². The van der Waals surface area contributed by atoms with Gasteiger partial charge in [0, 0.05) is 29.2 Å². The first-order chi connectivity index (χ1) is 14.2. The highest BCUT2D eigenvalue weighted by atomic mass is 35.5. The van der Waals surface area contributed by atoms with Crippen LogP contribution in [0.5, 0.6) is 0 Å². The molecule has 0 fully saturated rings. The van der Waals surface area contributed by atoms with Crippen molar-refractivity contribution in [2.24, 2.45) is 0 Å². The highest BCUT2D eigenvalue weighted by molar-refractivity contribution is 7.93. The van der Waals surface area contributed by atoms with Gasteiger partial charge in [0.05, 0.1) is 10.7 Å². The maximum Gasteiger partial charge on any atom is 0.265 e. The normalized spacial score (nSPS) is 11.2. The third kappa shape index (κ3) is 5.08. The molecule has 5 nitrogen and oxygen atoms in total. The van der Waals surface area contributed by atoms with E-state index in [2.05, 4.69) is 5.32 Å². The third-order valence-corrected chi connectivity index (χ3v) is 7.16. The van der Waals surface area contributed by atoms with E-state index in [-0.39, 0.29) is 22.0 Å². The molecule has 0 aliphatic rings. The summed E-state index contributed by atoms with van der Waals surface area (Å²) in [6.07, 6.45) is 0. The predicted molar refractivity (Wildman–Crippen MR) is 121 cm³/mol. The molecule has 3 aromatic rings. The SMILES string of the molecule is CN(c1ccc(Cl)cc1)S(=O)(=O)c1cc(C(=O)NCc2ccc(Cl)cc2)ccc1Cl. The lowest BCUT2D eigenvalue weighted by Gasteiger charge is -2.20. The van der Waals surface area contributed by atoms with Crippen LogP contribution in [0.15, 0.2) is 71.6 Å². The molecule has 3 aromatic carbocycles. The number of hydrogen-bond acceptors (Lipinski definition) is 3. The molecule has 156 valence electrons. The summed E-state index contributed by atoms with van der Waals surface area (Å²) in [4.78, 5) is 12.4. The molecule has 0 heterocycles. The van der Waals surface area contributed by atoms with E-state index in [0.29, 0.717) is 15.7 Å². The van der Waals surface area contributed by atoms with E-state index < -0.39 is 15.9 Å². The van der Waals surface area contributed by atoms with Crippen LogP contribution < -0.4 is 9.62 Å². The Morgan fingerprint density at radius 1 is 0.900 bits per heavy atom. The van der Waals surface area contributed by atoms with Crippen molar-refractivity contribution in [3.8, 4) is 0 Å². The van der Waals surface area contributed by atoms with Crippen LogP contribution in [0.25, 0.3) is 0 Å². The largest absolute Gasteiger partial charge is 0.348 e. The summed E-state index contributed by atoms with van der Waals surface area (Å²) in [6.45, 7) is 0.269. The van der Waals surface area contributed by atoms with Gasteiger partial charge in [0.2, 0.25) is 0 Å². The Morgan fingerprint density at radius 3 is 2.07 bits per heavy atom. The van der Waals surface area contributed by atoms with E-state index in [0.717, 1.165) is 9.87 Å². The van der Waals surface area contributed by atoms with Crippen molar-refractivity contribution >= 4 is 56.4 Å². The molecule has 0 aliphatic heterocycles. The number of benzene rings is 3. The molecule has 0 atom stereocenters. The second-order valence-corrected chi connectivity index (χ2v) is 9.62. The monoisotopic (exact) mass is 482 g/mol. The molecule has 0 radical (unpaired) electrons. The second kappa shape index (κ2) is 9.27. The number of rotatable bonds is 6. The molecule has 0 aliphatic carbocycles. The summed E-state index contributed by atoms with van der Waals surface area (Å²) >= 11 is 17.9. The first-order valence-corrected chi connectivity index (χ1v) is 11.3. The molecule has 0 saturated carbocycles. The fraction of sp³-hybridized carbons (Fsp3) is 0.0952. The van der Waals surface area contributed by atoms with Gasteiger partial charge in [-0.15, -0.1) is 0 Å². The topological polar surface area (TPSA) is 66.5 Å².